The van der Waals surface area contributed by atoms with E-state index in [0.717, 1.165) is 16.8 Å². The first-order chi connectivity index (χ1) is 14.9. The summed E-state index contributed by atoms with van der Waals surface area (Å²) in [5, 5.41) is 12.1. The highest BCUT2D eigenvalue weighted by Crippen LogP contribution is 2.27. The molecule has 2 aromatic rings. The van der Waals surface area contributed by atoms with Crippen LogP contribution < -0.4 is 15.4 Å². The first-order valence-electron chi connectivity index (χ1n) is 10.2. The molecule has 8 heteroatoms. The Morgan fingerprint density at radius 3 is 2.74 bits per heavy atom. The van der Waals surface area contributed by atoms with Crippen molar-refractivity contribution in [3.8, 4) is 5.75 Å². The molecule has 31 heavy (non-hydrogen) atoms. The molecule has 1 aliphatic rings. The van der Waals surface area contributed by atoms with Gasteiger partial charge in [-0.05, 0) is 49.1 Å². The van der Waals surface area contributed by atoms with Crippen molar-refractivity contribution < 1.29 is 14.3 Å². The second-order valence-electron chi connectivity index (χ2n) is 7.33. The molecular formula is C23H27ClN4O3. The van der Waals surface area contributed by atoms with Gasteiger partial charge in [-0.15, -0.1) is 0 Å². The highest BCUT2D eigenvalue weighted by atomic mass is 35.5. The van der Waals surface area contributed by atoms with Crippen LogP contribution in [0.4, 0.5) is 10.5 Å². The van der Waals surface area contributed by atoms with Gasteiger partial charge in [-0.25, -0.2) is 9.80 Å². The standard InChI is InChI=1S/C23H27ClN4O3/c1-4-19-18(22(29)28(27-19)14-16-8-6-5-7-15(16)2)11-12-25-23(30)26-20-13-17(24)9-10-21(20)31-3/h5-10,13,18H,4,11-12,14H2,1-3H3,(H2,25,26,30)/t18-/m1/s1. The Hall–Kier alpha value is -3.06. The van der Waals surface area contributed by atoms with Gasteiger partial charge in [0.1, 0.15) is 5.75 Å². The Kier molecular flexibility index (Phi) is 7.52. The monoisotopic (exact) mass is 442 g/mol. The smallest absolute Gasteiger partial charge is 0.319 e. The Balaban J connectivity index is 1.56. The van der Waals surface area contributed by atoms with Crippen LogP contribution in [0.5, 0.6) is 5.75 Å². The molecule has 164 valence electrons. The molecule has 3 rings (SSSR count). The zero-order valence-corrected chi connectivity index (χ0v) is 18.7. The van der Waals surface area contributed by atoms with Gasteiger partial charge in [-0.2, -0.15) is 5.10 Å². The molecule has 0 unspecified atom stereocenters. The molecule has 1 aliphatic heterocycles. The third kappa shape index (κ3) is 5.55. The molecule has 3 amide bonds. The topological polar surface area (TPSA) is 83.0 Å². The largest absolute Gasteiger partial charge is 0.495 e. The first kappa shape index (κ1) is 22.6. The molecule has 0 saturated heterocycles. The number of urea groups is 1. The van der Waals surface area contributed by atoms with Crippen molar-refractivity contribution in [3.63, 3.8) is 0 Å². The fraction of sp³-hybridized carbons (Fsp3) is 0.348. The van der Waals surface area contributed by atoms with Crippen LogP contribution in [0.25, 0.3) is 0 Å². The van der Waals surface area contributed by atoms with Crippen molar-refractivity contribution in [2.24, 2.45) is 11.0 Å². The lowest BCUT2D eigenvalue weighted by molar-refractivity contribution is -0.132. The summed E-state index contributed by atoms with van der Waals surface area (Å²) in [6, 6.07) is 12.6. The maximum absolute atomic E-state index is 12.9. The minimum absolute atomic E-state index is 0.0289. The van der Waals surface area contributed by atoms with Crippen molar-refractivity contribution in [2.45, 2.75) is 33.2 Å². The molecule has 2 aromatic carbocycles. The van der Waals surface area contributed by atoms with E-state index in [1.165, 1.54) is 7.11 Å². The molecule has 7 nitrogen and oxygen atoms in total. The number of nitrogens with one attached hydrogen (secondary N) is 2. The third-order valence-corrected chi connectivity index (χ3v) is 5.51. The van der Waals surface area contributed by atoms with Crippen molar-refractivity contribution in [2.75, 3.05) is 19.0 Å². The van der Waals surface area contributed by atoms with E-state index in [4.69, 9.17) is 16.3 Å². The van der Waals surface area contributed by atoms with Crippen LogP contribution in [0.2, 0.25) is 5.02 Å². The quantitative estimate of drug-likeness (QED) is 0.627. The van der Waals surface area contributed by atoms with Crippen LogP contribution in [0.3, 0.4) is 0 Å². The normalized spacial score (nSPS) is 15.6. The van der Waals surface area contributed by atoms with Gasteiger partial charge >= 0.3 is 6.03 Å². The lowest BCUT2D eigenvalue weighted by atomic mass is 9.97. The summed E-state index contributed by atoms with van der Waals surface area (Å²) < 4.78 is 5.23. The van der Waals surface area contributed by atoms with Crippen molar-refractivity contribution >= 4 is 34.9 Å². The molecule has 1 heterocycles. The van der Waals surface area contributed by atoms with E-state index >= 15 is 0 Å². The molecule has 0 bridgehead atoms. The molecule has 1 atom stereocenters. The number of anilines is 1. The zero-order chi connectivity index (χ0) is 22.4. The van der Waals surface area contributed by atoms with E-state index in [1.807, 2.05) is 38.1 Å². The second kappa shape index (κ2) is 10.3. The van der Waals surface area contributed by atoms with Gasteiger partial charge in [0.2, 0.25) is 0 Å². The number of carbonyl (C=O) groups is 2. The average Bonchev–Trinajstić information content (AvgIpc) is 3.05. The minimum atomic E-state index is -0.391. The number of rotatable bonds is 8. The van der Waals surface area contributed by atoms with Crippen molar-refractivity contribution in [1.82, 2.24) is 10.3 Å². The summed E-state index contributed by atoms with van der Waals surface area (Å²) in [6.45, 7) is 4.80. The Morgan fingerprint density at radius 1 is 1.26 bits per heavy atom. The van der Waals surface area contributed by atoms with Crippen molar-refractivity contribution in [1.29, 1.82) is 0 Å². The van der Waals surface area contributed by atoms with Crippen LogP contribution in [-0.4, -0.2) is 36.3 Å². The predicted molar refractivity (Wildman–Crippen MR) is 123 cm³/mol. The lowest BCUT2D eigenvalue weighted by Gasteiger charge is -2.16. The van der Waals surface area contributed by atoms with Crippen LogP contribution in [0, 0.1) is 12.8 Å². The van der Waals surface area contributed by atoms with Gasteiger partial charge in [0.05, 0.1) is 31.0 Å². The van der Waals surface area contributed by atoms with Gasteiger partial charge < -0.3 is 15.4 Å². The molecule has 0 radical (unpaired) electrons. The number of aryl methyl sites for hydroxylation is 1. The number of hydrogen-bond donors (Lipinski definition) is 2. The van der Waals surface area contributed by atoms with Crippen LogP contribution in [0.15, 0.2) is 47.6 Å². The van der Waals surface area contributed by atoms with E-state index in [9.17, 15) is 9.59 Å². The summed E-state index contributed by atoms with van der Waals surface area (Å²) in [4.78, 5) is 25.2. The average molecular weight is 443 g/mol. The zero-order valence-electron chi connectivity index (χ0n) is 17.9. The highest BCUT2D eigenvalue weighted by molar-refractivity contribution is 6.31. The molecule has 0 saturated carbocycles. The van der Waals surface area contributed by atoms with Gasteiger partial charge in [-0.3, -0.25) is 4.79 Å². The van der Waals surface area contributed by atoms with E-state index in [0.29, 0.717) is 42.4 Å². The maximum atomic E-state index is 12.9. The summed E-state index contributed by atoms with van der Waals surface area (Å²) in [6.07, 6.45) is 1.17. The van der Waals surface area contributed by atoms with E-state index < -0.39 is 6.03 Å². The van der Waals surface area contributed by atoms with Crippen LogP contribution in [-0.2, 0) is 11.3 Å². The molecule has 0 spiro atoms. The highest BCUT2D eigenvalue weighted by Gasteiger charge is 2.34. The number of carbonyl (C=O) groups excluding carboxylic acids is 2. The Morgan fingerprint density at radius 2 is 2.03 bits per heavy atom. The number of amides is 3. The molecular weight excluding hydrogens is 416 g/mol. The molecule has 0 aliphatic carbocycles. The van der Waals surface area contributed by atoms with E-state index in [-0.39, 0.29) is 11.8 Å². The maximum Gasteiger partial charge on any atom is 0.319 e. The lowest BCUT2D eigenvalue weighted by Crippen LogP contribution is -2.34. The summed E-state index contributed by atoms with van der Waals surface area (Å²) >= 11 is 5.99. The molecule has 0 fully saturated rings. The second-order valence-corrected chi connectivity index (χ2v) is 7.77. The number of halogens is 1. The van der Waals surface area contributed by atoms with Gasteiger partial charge in [-0.1, -0.05) is 42.8 Å². The number of ether oxygens (including phenoxy) is 1. The number of hydrogen-bond acceptors (Lipinski definition) is 4. The number of methoxy groups -OCH3 is 1. The fourth-order valence-corrected chi connectivity index (χ4v) is 3.71. The van der Waals surface area contributed by atoms with E-state index in [1.54, 1.807) is 23.2 Å². The fourth-order valence-electron chi connectivity index (χ4n) is 3.54. The predicted octanol–water partition coefficient (Wildman–Crippen LogP) is 4.59. The minimum Gasteiger partial charge on any atom is -0.495 e. The third-order valence-electron chi connectivity index (χ3n) is 5.28. The SMILES string of the molecule is CCC1=NN(Cc2ccccc2C)C(=O)[C@@H]1CCNC(=O)Nc1cc(Cl)ccc1OC. The summed E-state index contributed by atoms with van der Waals surface area (Å²) in [5.74, 6) is 0.159. The summed E-state index contributed by atoms with van der Waals surface area (Å²) in [7, 11) is 1.52. The Labute approximate surface area is 187 Å². The van der Waals surface area contributed by atoms with Gasteiger partial charge in [0, 0.05) is 11.6 Å². The van der Waals surface area contributed by atoms with Crippen LogP contribution in [0.1, 0.15) is 30.9 Å². The number of hydrazone groups is 1. The molecule has 0 aromatic heterocycles. The number of benzene rings is 2. The number of nitrogens with zero attached hydrogens (tertiary/aromatic N) is 2. The van der Waals surface area contributed by atoms with Gasteiger partial charge in [0.15, 0.2) is 0 Å². The molecule has 2 N–H and O–H groups in total. The summed E-state index contributed by atoms with van der Waals surface area (Å²) in [5.41, 5.74) is 3.52. The van der Waals surface area contributed by atoms with Crippen molar-refractivity contribution in [3.05, 3.63) is 58.6 Å². The van der Waals surface area contributed by atoms with Crippen LogP contribution >= 0.6 is 11.6 Å². The van der Waals surface area contributed by atoms with E-state index in [2.05, 4.69) is 15.7 Å². The van der Waals surface area contributed by atoms with Gasteiger partial charge in [0.25, 0.3) is 5.91 Å². The first-order valence-corrected chi connectivity index (χ1v) is 10.6. The Bertz CT molecular complexity index is 993.